The molecule has 1 aromatic rings. The number of carboxylic acid groups (broad SMARTS) is 1. The molecular formula is C16H21NO3S. The zero-order valence-electron chi connectivity index (χ0n) is 12.2. The van der Waals surface area contributed by atoms with Gasteiger partial charge in [0.15, 0.2) is 0 Å². The Morgan fingerprint density at radius 3 is 3.00 bits per heavy atom. The molecule has 1 amide bonds. The summed E-state index contributed by atoms with van der Waals surface area (Å²) in [5.41, 5.74) is 0.615. The van der Waals surface area contributed by atoms with Crippen LogP contribution in [0.5, 0.6) is 0 Å². The fourth-order valence-electron chi connectivity index (χ4n) is 2.77. The number of hydrogen-bond acceptors (Lipinski definition) is 3. The number of carbonyl (C=O) groups is 2. The van der Waals surface area contributed by atoms with E-state index in [0.717, 1.165) is 29.7 Å². The molecule has 114 valence electrons. The largest absolute Gasteiger partial charge is 0.478 e. The summed E-state index contributed by atoms with van der Waals surface area (Å²) in [5, 5.41) is 13.5. The van der Waals surface area contributed by atoms with Gasteiger partial charge in [-0.3, -0.25) is 4.79 Å². The van der Waals surface area contributed by atoms with Gasteiger partial charge in [0.05, 0.1) is 5.56 Å². The van der Waals surface area contributed by atoms with Crippen LogP contribution < -0.4 is 5.32 Å². The van der Waals surface area contributed by atoms with E-state index in [4.69, 9.17) is 5.11 Å². The molecule has 1 saturated carbocycles. The molecule has 2 N–H and O–H groups in total. The molecular weight excluding hydrogens is 286 g/mol. The van der Waals surface area contributed by atoms with Crippen LogP contribution >= 0.6 is 11.3 Å². The van der Waals surface area contributed by atoms with Crippen molar-refractivity contribution < 1.29 is 14.7 Å². The molecule has 0 saturated heterocycles. The minimum atomic E-state index is -0.984. The van der Waals surface area contributed by atoms with E-state index in [-0.39, 0.29) is 11.9 Å². The van der Waals surface area contributed by atoms with Crippen LogP contribution in [0.3, 0.4) is 0 Å². The number of nitrogens with one attached hydrogen (secondary N) is 1. The van der Waals surface area contributed by atoms with Crippen LogP contribution in [0.2, 0.25) is 0 Å². The van der Waals surface area contributed by atoms with Crippen molar-refractivity contribution in [3.05, 3.63) is 28.0 Å². The predicted molar refractivity (Wildman–Crippen MR) is 84.5 cm³/mol. The topological polar surface area (TPSA) is 66.4 Å². The molecule has 5 heteroatoms. The van der Waals surface area contributed by atoms with Crippen LogP contribution in [0.25, 0.3) is 6.08 Å². The van der Waals surface area contributed by atoms with Gasteiger partial charge in [-0.05, 0) is 30.9 Å². The molecule has 0 aromatic carbocycles. The van der Waals surface area contributed by atoms with Crippen LogP contribution in [0.15, 0.2) is 17.5 Å². The number of amides is 1. The Morgan fingerprint density at radius 2 is 2.29 bits per heavy atom. The summed E-state index contributed by atoms with van der Waals surface area (Å²) in [7, 11) is 0. The van der Waals surface area contributed by atoms with Gasteiger partial charge in [0, 0.05) is 22.4 Å². The fourth-order valence-corrected chi connectivity index (χ4v) is 3.55. The Kier molecular flexibility index (Phi) is 5.56. The quantitative estimate of drug-likeness (QED) is 0.818. The molecule has 0 aliphatic heterocycles. The third kappa shape index (κ3) is 4.70. The normalized spacial score (nSPS) is 22.3. The van der Waals surface area contributed by atoms with Crippen molar-refractivity contribution in [2.75, 3.05) is 0 Å². The standard InChI is InChI=1S/C16H21NO3S/c1-2-11-4-3-5-13(8-11)17-16(20)12-9-14(21-10-12)6-7-15(18)19/h6-7,9-11,13H,2-5,8H2,1H3,(H,17,20)(H,18,19). The van der Waals surface area contributed by atoms with E-state index in [2.05, 4.69) is 12.2 Å². The van der Waals surface area contributed by atoms with Gasteiger partial charge in [-0.1, -0.05) is 26.2 Å². The summed E-state index contributed by atoms with van der Waals surface area (Å²) in [6, 6.07) is 2.01. The van der Waals surface area contributed by atoms with E-state index < -0.39 is 5.97 Å². The molecule has 1 heterocycles. The number of thiophene rings is 1. The summed E-state index contributed by atoms with van der Waals surface area (Å²) < 4.78 is 0. The third-order valence-corrected chi connectivity index (χ3v) is 4.87. The van der Waals surface area contributed by atoms with E-state index in [1.54, 1.807) is 11.4 Å². The summed E-state index contributed by atoms with van der Waals surface area (Å²) >= 11 is 1.38. The minimum absolute atomic E-state index is 0.0528. The first kappa shape index (κ1) is 15.8. The molecule has 1 aliphatic carbocycles. The molecule has 21 heavy (non-hydrogen) atoms. The molecule has 1 aliphatic rings. The average molecular weight is 307 g/mol. The van der Waals surface area contributed by atoms with Gasteiger partial charge in [0.2, 0.25) is 0 Å². The van der Waals surface area contributed by atoms with Gasteiger partial charge in [-0.25, -0.2) is 4.79 Å². The molecule has 0 spiro atoms. The Bertz CT molecular complexity index is 535. The summed E-state index contributed by atoms with van der Waals surface area (Å²) in [6.45, 7) is 2.20. The first-order valence-corrected chi connectivity index (χ1v) is 8.27. The number of hydrogen-bond donors (Lipinski definition) is 2. The maximum absolute atomic E-state index is 12.2. The third-order valence-electron chi connectivity index (χ3n) is 3.97. The SMILES string of the molecule is CCC1CCCC(NC(=O)c2csc(C=CC(=O)O)c2)C1. The van der Waals surface area contributed by atoms with E-state index in [1.807, 2.05) is 0 Å². The van der Waals surface area contributed by atoms with Gasteiger partial charge in [-0.15, -0.1) is 11.3 Å². The first-order valence-electron chi connectivity index (χ1n) is 7.39. The molecule has 2 atom stereocenters. The lowest BCUT2D eigenvalue weighted by molar-refractivity contribution is -0.131. The molecule has 2 unspecified atom stereocenters. The molecule has 0 radical (unpaired) electrons. The summed E-state index contributed by atoms with van der Waals surface area (Å²) in [6.07, 6.45) is 8.34. The van der Waals surface area contributed by atoms with Gasteiger partial charge in [0.1, 0.15) is 0 Å². The van der Waals surface area contributed by atoms with Crippen molar-refractivity contribution in [1.82, 2.24) is 5.32 Å². The highest BCUT2D eigenvalue weighted by Crippen LogP contribution is 2.27. The van der Waals surface area contributed by atoms with Crippen molar-refractivity contribution in [2.45, 2.75) is 45.1 Å². The van der Waals surface area contributed by atoms with Crippen LogP contribution in [0, 0.1) is 5.92 Å². The Hall–Kier alpha value is -1.62. The van der Waals surface area contributed by atoms with E-state index in [1.165, 1.54) is 36.7 Å². The number of rotatable bonds is 5. The van der Waals surface area contributed by atoms with Crippen molar-refractivity contribution in [2.24, 2.45) is 5.92 Å². The Balaban J connectivity index is 1.92. The van der Waals surface area contributed by atoms with Gasteiger partial charge < -0.3 is 10.4 Å². The van der Waals surface area contributed by atoms with Gasteiger partial charge in [0.25, 0.3) is 5.91 Å². The van der Waals surface area contributed by atoms with E-state index >= 15 is 0 Å². The molecule has 2 rings (SSSR count). The lowest BCUT2D eigenvalue weighted by Crippen LogP contribution is -2.38. The highest BCUT2D eigenvalue weighted by atomic mass is 32.1. The maximum Gasteiger partial charge on any atom is 0.328 e. The summed E-state index contributed by atoms with van der Waals surface area (Å²) in [4.78, 5) is 23.5. The smallest absolute Gasteiger partial charge is 0.328 e. The van der Waals surface area contributed by atoms with E-state index in [0.29, 0.717) is 5.56 Å². The zero-order chi connectivity index (χ0) is 15.2. The summed E-state index contributed by atoms with van der Waals surface area (Å²) in [5.74, 6) is -0.314. The van der Waals surface area contributed by atoms with Crippen LogP contribution in [-0.2, 0) is 4.79 Å². The molecule has 1 fully saturated rings. The van der Waals surface area contributed by atoms with Crippen LogP contribution in [0.4, 0.5) is 0 Å². The second-order valence-electron chi connectivity index (χ2n) is 5.52. The highest BCUT2D eigenvalue weighted by Gasteiger charge is 2.22. The van der Waals surface area contributed by atoms with Crippen molar-refractivity contribution in [3.63, 3.8) is 0 Å². The number of carbonyl (C=O) groups excluding carboxylic acids is 1. The van der Waals surface area contributed by atoms with Crippen molar-refractivity contribution in [3.8, 4) is 0 Å². The maximum atomic E-state index is 12.2. The minimum Gasteiger partial charge on any atom is -0.478 e. The lowest BCUT2D eigenvalue weighted by atomic mass is 9.84. The van der Waals surface area contributed by atoms with Crippen molar-refractivity contribution >= 4 is 29.3 Å². The number of aliphatic carboxylic acids is 1. The Morgan fingerprint density at radius 1 is 1.48 bits per heavy atom. The van der Waals surface area contributed by atoms with Gasteiger partial charge >= 0.3 is 5.97 Å². The first-order chi connectivity index (χ1) is 10.1. The molecule has 4 nitrogen and oxygen atoms in total. The second-order valence-corrected chi connectivity index (χ2v) is 6.46. The highest BCUT2D eigenvalue weighted by molar-refractivity contribution is 7.11. The van der Waals surface area contributed by atoms with Gasteiger partial charge in [-0.2, -0.15) is 0 Å². The van der Waals surface area contributed by atoms with Crippen molar-refractivity contribution in [1.29, 1.82) is 0 Å². The molecule has 1 aromatic heterocycles. The van der Waals surface area contributed by atoms with Crippen LogP contribution in [-0.4, -0.2) is 23.0 Å². The average Bonchev–Trinajstić information content (AvgIpc) is 2.94. The zero-order valence-corrected chi connectivity index (χ0v) is 13.0. The molecule has 0 bridgehead atoms. The van der Waals surface area contributed by atoms with Crippen LogP contribution in [0.1, 0.15) is 54.3 Å². The fraction of sp³-hybridized carbons (Fsp3) is 0.500. The monoisotopic (exact) mass is 307 g/mol. The second kappa shape index (κ2) is 7.41. The lowest BCUT2D eigenvalue weighted by Gasteiger charge is -2.29. The Labute approximate surface area is 128 Å². The predicted octanol–water partition coefficient (Wildman–Crippen LogP) is 3.54. The van der Waals surface area contributed by atoms with E-state index in [9.17, 15) is 9.59 Å². The number of carboxylic acids is 1.